The Bertz CT molecular complexity index is 421. The third-order valence-electron chi connectivity index (χ3n) is 1.69. The Labute approximate surface area is 74.6 Å². The van der Waals surface area contributed by atoms with Gasteiger partial charge in [-0.05, 0) is 6.58 Å². The Morgan fingerprint density at radius 2 is 2.46 bits per heavy atom. The molecule has 0 aliphatic carbocycles. The molecular weight excluding hydrogens is 168 g/mol. The van der Waals surface area contributed by atoms with Gasteiger partial charge in [-0.3, -0.25) is 0 Å². The molecule has 1 aromatic rings. The zero-order valence-corrected chi connectivity index (χ0v) is 6.69. The molecule has 0 saturated carbocycles. The van der Waals surface area contributed by atoms with Crippen LogP contribution in [-0.4, -0.2) is 4.98 Å². The zero-order chi connectivity index (χ0) is 9.42. The van der Waals surface area contributed by atoms with Gasteiger partial charge in [-0.1, -0.05) is 0 Å². The highest BCUT2D eigenvalue weighted by molar-refractivity contribution is 5.61. The fourth-order valence-corrected chi connectivity index (χ4v) is 1.05. The highest BCUT2D eigenvalue weighted by Gasteiger charge is 2.23. The molecule has 5 nitrogen and oxygen atoms in total. The second kappa shape index (κ2) is 2.47. The van der Waals surface area contributed by atoms with E-state index in [1.54, 1.807) is 6.07 Å². The van der Waals surface area contributed by atoms with Crippen molar-refractivity contribution >= 4 is 5.82 Å². The summed E-state index contributed by atoms with van der Waals surface area (Å²) in [6.45, 7) is 3.56. The third-order valence-corrected chi connectivity index (χ3v) is 1.69. The number of nitriles is 1. The molecule has 0 saturated heterocycles. The van der Waals surface area contributed by atoms with E-state index in [1.807, 2.05) is 6.07 Å². The summed E-state index contributed by atoms with van der Waals surface area (Å²) < 4.78 is 5.15. The van der Waals surface area contributed by atoms with Crippen molar-refractivity contribution < 1.29 is 4.74 Å². The number of hydrogen-bond acceptors (Lipinski definition) is 5. The van der Waals surface area contributed by atoms with Crippen LogP contribution in [0, 0.1) is 11.3 Å². The maximum atomic E-state index is 8.59. The Morgan fingerprint density at radius 3 is 3.15 bits per heavy atom. The fraction of sp³-hybridized carbons (Fsp3) is 0. The number of fused-ring (bicyclic) bond motifs is 1. The van der Waals surface area contributed by atoms with Crippen LogP contribution in [0.5, 0.6) is 5.75 Å². The first-order valence-electron chi connectivity index (χ1n) is 3.54. The minimum absolute atomic E-state index is 0.303. The van der Waals surface area contributed by atoms with Crippen LogP contribution in [0.1, 0.15) is 5.56 Å². The maximum absolute atomic E-state index is 8.59. The summed E-state index contributed by atoms with van der Waals surface area (Å²) in [6.07, 6.45) is 1.43. The fourth-order valence-electron chi connectivity index (χ4n) is 1.05. The summed E-state index contributed by atoms with van der Waals surface area (Å²) in [7, 11) is 0. The summed E-state index contributed by atoms with van der Waals surface area (Å²) in [5, 5.41) is 9.82. The molecule has 0 aromatic carbocycles. The topological polar surface area (TPSA) is 75.2 Å². The van der Waals surface area contributed by atoms with Gasteiger partial charge in [0.05, 0.1) is 5.56 Å². The number of nitrogens with zero attached hydrogens (tertiary/aromatic N) is 3. The second-order valence-corrected chi connectivity index (χ2v) is 2.52. The van der Waals surface area contributed by atoms with E-state index in [9.17, 15) is 0 Å². The van der Waals surface area contributed by atoms with Crippen molar-refractivity contribution in [2.45, 2.75) is 0 Å². The predicted octanol–water partition coefficient (Wildman–Crippen LogP) is 0.497. The van der Waals surface area contributed by atoms with Crippen molar-refractivity contribution in [2.75, 3.05) is 5.01 Å². The van der Waals surface area contributed by atoms with Crippen LogP contribution in [-0.2, 0) is 0 Å². The summed E-state index contributed by atoms with van der Waals surface area (Å²) in [6, 6.07) is 3.52. The van der Waals surface area contributed by atoms with Gasteiger partial charge in [0.1, 0.15) is 6.07 Å². The molecule has 0 fully saturated rings. The van der Waals surface area contributed by atoms with Crippen LogP contribution in [0.2, 0.25) is 0 Å². The van der Waals surface area contributed by atoms with Gasteiger partial charge in [-0.25, -0.2) is 15.8 Å². The highest BCUT2D eigenvalue weighted by Crippen LogP contribution is 2.34. The standard InChI is InChI=1S/C8H6N4O/c1-5-12(10)8-7(13-5)2-6(3-9)4-11-8/h2,4H,1,10H2. The first kappa shape index (κ1) is 7.58. The Hall–Kier alpha value is -2.06. The number of anilines is 1. The van der Waals surface area contributed by atoms with Crippen LogP contribution in [0.4, 0.5) is 5.82 Å². The SMILES string of the molecule is C=C1Oc2cc(C#N)cnc2N1N. The van der Waals surface area contributed by atoms with E-state index in [0.717, 1.165) is 0 Å². The van der Waals surface area contributed by atoms with E-state index < -0.39 is 0 Å². The molecule has 2 heterocycles. The number of aromatic nitrogens is 1. The number of pyridine rings is 1. The average molecular weight is 174 g/mol. The molecule has 1 aliphatic rings. The lowest BCUT2D eigenvalue weighted by Crippen LogP contribution is -2.27. The Kier molecular flexibility index (Phi) is 1.44. The Morgan fingerprint density at radius 1 is 1.69 bits per heavy atom. The van der Waals surface area contributed by atoms with E-state index in [4.69, 9.17) is 15.8 Å². The molecule has 13 heavy (non-hydrogen) atoms. The van der Waals surface area contributed by atoms with Gasteiger partial charge < -0.3 is 4.74 Å². The van der Waals surface area contributed by atoms with Crippen molar-refractivity contribution in [2.24, 2.45) is 5.84 Å². The maximum Gasteiger partial charge on any atom is 0.209 e. The molecule has 0 amide bonds. The zero-order valence-electron chi connectivity index (χ0n) is 6.69. The molecule has 0 atom stereocenters. The van der Waals surface area contributed by atoms with Crippen LogP contribution in [0.15, 0.2) is 24.7 Å². The van der Waals surface area contributed by atoms with Crippen molar-refractivity contribution in [1.29, 1.82) is 5.26 Å². The Balaban J connectivity index is 2.54. The predicted molar refractivity (Wildman–Crippen MR) is 45.4 cm³/mol. The number of hydrogen-bond donors (Lipinski definition) is 1. The minimum atomic E-state index is 0.303. The van der Waals surface area contributed by atoms with Gasteiger partial charge >= 0.3 is 0 Å². The van der Waals surface area contributed by atoms with Gasteiger partial charge in [0, 0.05) is 12.3 Å². The first-order valence-corrected chi connectivity index (χ1v) is 3.54. The van der Waals surface area contributed by atoms with Crippen molar-refractivity contribution in [3.8, 4) is 11.8 Å². The molecule has 0 spiro atoms. The lowest BCUT2D eigenvalue weighted by Gasteiger charge is -2.06. The van der Waals surface area contributed by atoms with Gasteiger partial charge in [0.15, 0.2) is 11.6 Å². The minimum Gasteiger partial charge on any atom is -0.436 e. The molecule has 64 valence electrons. The number of hydrazine groups is 1. The molecule has 0 bridgehead atoms. The van der Waals surface area contributed by atoms with E-state index in [1.165, 1.54) is 11.2 Å². The van der Waals surface area contributed by atoms with Crippen LogP contribution in [0.3, 0.4) is 0 Å². The lowest BCUT2D eigenvalue weighted by atomic mass is 10.3. The van der Waals surface area contributed by atoms with Crippen LogP contribution in [0.25, 0.3) is 0 Å². The van der Waals surface area contributed by atoms with Gasteiger partial charge in [-0.2, -0.15) is 5.26 Å². The van der Waals surface area contributed by atoms with E-state index in [2.05, 4.69) is 11.6 Å². The largest absolute Gasteiger partial charge is 0.436 e. The summed E-state index contributed by atoms with van der Waals surface area (Å²) in [4.78, 5) is 3.95. The summed E-state index contributed by atoms with van der Waals surface area (Å²) in [5.74, 6) is 6.79. The lowest BCUT2D eigenvalue weighted by molar-refractivity contribution is 0.442. The smallest absolute Gasteiger partial charge is 0.209 e. The highest BCUT2D eigenvalue weighted by atomic mass is 16.5. The summed E-state index contributed by atoms with van der Waals surface area (Å²) >= 11 is 0. The third kappa shape index (κ3) is 1.01. The molecule has 1 aromatic heterocycles. The van der Waals surface area contributed by atoms with E-state index in [0.29, 0.717) is 23.0 Å². The molecular formula is C8H6N4O. The molecule has 5 heteroatoms. The van der Waals surface area contributed by atoms with Crippen molar-refractivity contribution in [3.05, 3.63) is 30.3 Å². The molecule has 0 unspecified atom stereocenters. The van der Waals surface area contributed by atoms with E-state index >= 15 is 0 Å². The number of nitrogens with two attached hydrogens (primary N) is 1. The van der Waals surface area contributed by atoms with E-state index in [-0.39, 0.29) is 0 Å². The molecule has 0 radical (unpaired) electrons. The van der Waals surface area contributed by atoms with Gasteiger partial charge in [0.2, 0.25) is 5.88 Å². The molecule has 2 rings (SSSR count). The monoisotopic (exact) mass is 174 g/mol. The van der Waals surface area contributed by atoms with Gasteiger partial charge in [-0.15, -0.1) is 0 Å². The normalized spacial score (nSPS) is 13.5. The van der Waals surface area contributed by atoms with Gasteiger partial charge in [0.25, 0.3) is 0 Å². The quantitative estimate of drug-likeness (QED) is 0.579. The summed E-state index contributed by atoms with van der Waals surface area (Å²) in [5.41, 5.74) is 0.432. The van der Waals surface area contributed by atoms with Crippen molar-refractivity contribution in [3.63, 3.8) is 0 Å². The first-order chi connectivity index (χ1) is 6.22. The average Bonchev–Trinajstić information content (AvgIpc) is 2.42. The molecule has 2 N–H and O–H groups in total. The van der Waals surface area contributed by atoms with Crippen LogP contribution < -0.4 is 15.6 Å². The molecule has 1 aliphatic heterocycles. The number of ether oxygens (including phenoxy) is 1. The van der Waals surface area contributed by atoms with Crippen LogP contribution >= 0.6 is 0 Å². The number of rotatable bonds is 0. The second-order valence-electron chi connectivity index (χ2n) is 2.52. The van der Waals surface area contributed by atoms with Crippen molar-refractivity contribution in [1.82, 2.24) is 4.98 Å².